The fraction of sp³-hybridized carbons (Fsp3) is 0.429. The number of hydrazine groups is 1. The first kappa shape index (κ1) is 10.8. The second kappa shape index (κ2) is 4.51. The Kier molecular flexibility index (Phi) is 2.87. The third-order valence-corrected chi connectivity index (χ3v) is 3.78. The van der Waals surface area contributed by atoms with Crippen molar-refractivity contribution in [3.05, 3.63) is 41.1 Å². The molecule has 0 aliphatic carbocycles. The lowest BCUT2D eigenvalue weighted by Crippen LogP contribution is -2.28. The van der Waals surface area contributed by atoms with E-state index in [0.717, 1.165) is 25.6 Å². The van der Waals surface area contributed by atoms with Gasteiger partial charge in [0, 0.05) is 6.20 Å². The highest BCUT2D eigenvalue weighted by atomic mass is 15.4. The number of piperidine rings is 1. The zero-order chi connectivity index (χ0) is 11.7. The summed E-state index contributed by atoms with van der Waals surface area (Å²) in [6.07, 6.45) is 6.53. The van der Waals surface area contributed by atoms with Crippen LogP contribution in [0, 0.1) is 0 Å². The Hall–Kier alpha value is -1.32. The Morgan fingerprint density at radius 3 is 2.88 bits per heavy atom. The van der Waals surface area contributed by atoms with Crippen LogP contribution in [0.5, 0.6) is 0 Å². The van der Waals surface area contributed by atoms with Gasteiger partial charge in [0.25, 0.3) is 0 Å². The number of fused-ring (bicyclic) bond motifs is 1. The van der Waals surface area contributed by atoms with Gasteiger partial charge in [-0.25, -0.2) is 5.84 Å². The molecule has 90 valence electrons. The first-order valence-electron chi connectivity index (χ1n) is 6.36. The van der Waals surface area contributed by atoms with Crippen molar-refractivity contribution in [1.29, 1.82) is 0 Å². The van der Waals surface area contributed by atoms with Crippen LogP contribution in [-0.2, 0) is 6.54 Å². The van der Waals surface area contributed by atoms with E-state index in [2.05, 4.69) is 29.6 Å². The average Bonchev–Trinajstić information content (AvgIpc) is 2.39. The predicted octanol–water partition coefficient (Wildman–Crippen LogP) is 1.81. The van der Waals surface area contributed by atoms with Crippen LogP contribution in [0.1, 0.15) is 35.4 Å². The molecule has 0 unspecified atom stereocenters. The van der Waals surface area contributed by atoms with Gasteiger partial charge in [-0.2, -0.15) is 0 Å². The van der Waals surface area contributed by atoms with E-state index in [1.165, 1.54) is 29.5 Å². The molecule has 0 bridgehead atoms. The lowest BCUT2D eigenvalue weighted by molar-refractivity contribution is 0.383. The number of hydrogen-bond donors (Lipinski definition) is 2. The summed E-state index contributed by atoms with van der Waals surface area (Å²) in [6.45, 7) is 3.11. The van der Waals surface area contributed by atoms with E-state index >= 15 is 0 Å². The summed E-state index contributed by atoms with van der Waals surface area (Å²) in [7, 11) is 0. The van der Waals surface area contributed by atoms with E-state index in [1.807, 2.05) is 6.20 Å². The molecule has 2 aliphatic heterocycles. The van der Waals surface area contributed by atoms with Crippen LogP contribution in [0.3, 0.4) is 0 Å². The van der Waals surface area contributed by atoms with Crippen LogP contribution in [-0.4, -0.2) is 18.1 Å². The first-order chi connectivity index (χ1) is 8.33. The maximum absolute atomic E-state index is 5.81. The van der Waals surface area contributed by atoms with Crippen molar-refractivity contribution in [1.82, 2.24) is 10.3 Å². The summed E-state index contributed by atoms with van der Waals surface area (Å²) in [4.78, 5) is 0. The number of nitrogens with zero attached hydrogens (tertiary/aromatic N) is 1. The van der Waals surface area contributed by atoms with E-state index < -0.39 is 0 Å². The summed E-state index contributed by atoms with van der Waals surface area (Å²) in [6, 6.07) is 6.86. The third kappa shape index (κ3) is 2.21. The number of hydrogen-bond acceptors (Lipinski definition) is 3. The molecule has 1 saturated heterocycles. The second-order valence-electron chi connectivity index (χ2n) is 4.97. The summed E-state index contributed by atoms with van der Waals surface area (Å²) in [5.74, 6) is 6.54. The van der Waals surface area contributed by atoms with Gasteiger partial charge in [0.1, 0.15) is 0 Å². The van der Waals surface area contributed by atoms with Crippen LogP contribution in [0.15, 0.2) is 24.4 Å². The second-order valence-corrected chi connectivity index (χ2v) is 4.97. The monoisotopic (exact) mass is 229 g/mol. The Morgan fingerprint density at radius 1 is 1.24 bits per heavy atom. The molecule has 3 nitrogen and oxygen atoms in total. The molecule has 2 heterocycles. The highest BCUT2D eigenvalue weighted by Gasteiger charge is 2.17. The van der Waals surface area contributed by atoms with Gasteiger partial charge < -0.3 is 10.3 Å². The molecule has 3 N–H and O–H groups in total. The van der Waals surface area contributed by atoms with Gasteiger partial charge in [-0.1, -0.05) is 18.2 Å². The molecule has 0 atom stereocenters. The van der Waals surface area contributed by atoms with E-state index in [-0.39, 0.29) is 0 Å². The van der Waals surface area contributed by atoms with Gasteiger partial charge >= 0.3 is 0 Å². The van der Waals surface area contributed by atoms with Crippen molar-refractivity contribution >= 4 is 6.08 Å². The van der Waals surface area contributed by atoms with Crippen molar-refractivity contribution < 1.29 is 0 Å². The zero-order valence-electron chi connectivity index (χ0n) is 10.0. The highest BCUT2D eigenvalue weighted by Crippen LogP contribution is 2.28. The average molecular weight is 229 g/mol. The quantitative estimate of drug-likeness (QED) is 0.722. The molecule has 0 saturated carbocycles. The minimum absolute atomic E-state index is 0.721. The molecule has 1 aromatic carbocycles. The van der Waals surface area contributed by atoms with Crippen molar-refractivity contribution in [2.75, 3.05) is 13.1 Å². The van der Waals surface area contributed by atoms with Crippen LogP contribution in [0.4, 0.5) is 0 Å². The summed E-state index contributed by atoms with van der Waals surface area (Å²) in [5.41, 5.74) is 4.14. The van der Waals surface area contributed by atoms with Gasteiger partial charge in [0.15, 0.2) is 0 Å². The minimum Gasteiger partial charge on any atom is -0.317 e. The Morgan fingerprint density at radius 2 is 2.06 bits per heavy atom. The smallest absolute Gasteiger partial charge is 0.0591 e. The number of rotatable bonds is 1. The van der Waals surface area contributed by atoms with E-state index in [1.54, 1.807) is 5.01 Å². The van der Waals surface area contributed by atoms with E-state index in [4.69, 9.17) is 5.84 Å². The maximum Gasteiger partial charge on any atom is 0.0591 e. The normalized spacial score (nSPS) is 20.4. The molecule has 1 aromatic rings. The number of nitrogens with one attached hydrogen (secondary N) is 1. The van der Waals surface area contributed by atoms with Crippen molar-refractivity contribution in [3.63, 3.8) is 0 Å². The van der Waals surface area contributed by atoms with Gasteiger partial charge in [0.2, 0.25) is 0 Å². The molecule has 3 rings (SSSR count). The molecule has 0 radical (unpaired) electrons. The van der Waals surface area contributed by atoms with Crippen molar-refractivity contribution in [3.8, 4) is 0 Å². The summed E-state index contributed by atoms with van der Waals surface area (Å²) < 4.78 is 0. The van der Waals surface area contributed by atoms with Gasteiger partial charge in [-0.3, -0.25) is 0 Å². The Balaban J connectivity index is 1.87. The van der Waals surface area contributed by atoms with Gasteiger partial charge in [-0.05, 0) is 54.6 Å². The van der Waals surface area contributed by atoms with Crippen LogP contribution in [0.25, 0.3) is 6.08 Å². The fourth-order valence-corrected chi connectivity index (χ4v) is 2.76. The van der Waals surface area contributed by atoms with Gasteiger partial charge in [0.05, 0.1) is 6.54 Å². The summed E-state index contributed by atoms with van der Waals surface area (Å²) in [5, 5.41) is 5.16. The lowest BCUT2D eigenvalue weighted by Gasteiger charge is -2.26. The molecule has 3 heteroatoms. The number of benzene rings is 1. The molecular weight excluding hydrogens is 210 g/mol. The third-order valence-electron chi connectivity index (χ3n) is 3.78. The standard InChI is InChI=1S/C14H19N3/c15-17-8-5-11-1-2-13(9-14(11)10-17)12-3-6-16-7-4-12/h1-2,5,8-9,12,16H,3-4,6-7,10,15H2. The fourth-order valence-electron chi connectivity index (χ4n) is 2.76. The molecule has 0 amide bonds. The zero-order valence-corrected chi connectivity index (χ0v) is 10.0. The lowest BCUT2D eigenvalue weighted by atomic mass is 9.88. The van der Waals surface area contributed by atoms with Crippen LogP contribution < -0.4 is 11.2 Å². The Bertz CT molecular complexity index is 433. The molecule has 2 aliphatic rings. The van der Waals surface area contributed by atoms with E-state index in [9.17, 15) is 0 Å². The molecule has 1 fully saturated rings. The summed E-state index contributed by atoms with van der Waals surface area (Å²) >= 11 is 0. The number of nitrogens with two attached hydrogens (primary N) is 1. The first-order valence-corrected chi connectivity index (χ1v) is 6.36. The molecule has 17 heavy (non-hydrogen) atoms. The highest BCUT2D eigenvalue weighted by molar-refractivity contribution is 5.56. The van der Waals surface area contributed by atoms with Crippen molar-refractivity contribution in [2.45, 2.75) is 25.3 Å². The Labute approximate surface area is 102 Å². The molecule has 0 spiro atoms. The maximum atomic E-state index is 5.81. The molecular formula is C14H19N3. The van der Waals surface area contributed by atoms with Crippen molar-refractivity contribution in [2.24, 2.45) is 5.84 Å². The van der Waals surface area contributed by atoms with E-state index in [0.29, 0.717) is 0 Å². The van der Waals surface area contributed by atoms with Gasteiger partial charge in [-0.15, -0.1) is 0 Å². The van der Waals surface area contributed by atoms with Crippen LogP contribution >= 0.6 is 0 Å². The minimum atomic E-state index is 0.721. The molecule has 0 aromatic heterocycles. The van der Waals surface area contributed by atoms with Crippen LogP contribution in [0.2, 0.25) is 0 Å². The largest absolute Gasteiger partial charge is 0.317 e. The predicted molar refractivity (Wildman–Crippen MR) is 70.1 cm³/mol. The topological polar surface area (TPSA) is 41.3 Å². The SMILES string of the molecule is NN1C=Cc2ccc(C3CCNCC3)cc2C1.